The quantitative estimate of drug-likeness (QED) is 0.598. The highest BCUT2D eigenvalue weighted by Crippen LogP contribution is 2.12. The molecule has 0 atom stereocenters. The Morgan fingerprint density at radius 1 is 1.53 bits per heavy atom. The topological polar surface area (TPSA) is 67.2 Å². The second kappa shape index (κ2) is 3.94. The van der Waals surface area contributed by atoms with Crippen LogP contribution < -0.4 is 5.73 Å². The molecule has 0 saturated carbocycles. The fourth-order valence-corrected chi connectivity index (χ4v) is 1.82. The van der Waals surface area contributed by atoms with Crippen LogP contribution in [0.2, 0.25) is 0 Å². The maximum atomic E-state index is 7.12. The number of rotatable bonds is 2. The number of hydrogen-bond acceptors (Lipinski definition) is 3. The number of amidine groups is 1. The van der Waals surface area contributed by atoms with Crippen LogP contribution in [-0.2, 0) is 5.75 Å². The first-order chi connectivity index (χ1) is 7.15. The number of hydrogen-bond donors (Lipinski definition) is 2. The van der Waals surface area contributed by atoms with Gasteiger partial charge in [0.25, 0.3) is 0 Å². The predicted octanol–water partition coefficient (Wildman–Crippen LogP) is 1.77. The van der Waals surface area contributed by atoms with Crippen LogP contribution in [0.3, 0.4) is 0 Å². The Morgan fingerprint density at radius 2 is 2.33 bits per heavy atom. The molecule has 0 radical (unpaired) electrons. The summed E-state index contributed by atoms with van der Waals surface area (Å²) < 4.78 is 1.99. The van der Waals surface area contributed by atoms with Crippen molar-refractivity contribution in [2.75, 3.05) is 0 Å². The summed E-state index contributed by atoms with van der Waals surface area (Å²) >= 11 is 1.29. The Hall–Kier alpha value is -1.49. The highest BCUT2D eigenvalue weighted by molar-refractivity contribution is 8.13. The summed E-state index contributed by atoms with van der Waals surface area (Å²) in [6.45, 7) is 2.05. The van der Waals surface area contributed by atoms with Crippen LogP contribution in [0.15, 0.2) is 24.5 Å². The van der Waals surface area contributed by atoms with E-state index < -0.39 is 0 Å². The molecule has 0 bridgehead atoms. The fraction of sp³-hybridized carbons (Fsp3) is 0.200. The third-order valence-electron chi connectivity index (χ3n) is 2.02. The van der Waals surface area contributed by atoms with Crippen molar-refractivity contribution in [2.24, 2.45) is 5.73 Å². The molecular formula is C10H12N4S. The summed E-state index contributed by atoms with van der Waals surface area (Å²) in [7, 11) is 0. The van der Waals surface area contributed by atoms with Gasteiger partial charge in [0.05, 0.1) is 5.69 Å². The van der Waals surface area contributed by atoms with Crippen molar-refractivity contribution in [1.29, 1.82) is 5.41 Å². The van der Waals surface area contributed by atoms with Crippen molar-refractivity contribution in [3.63, 3.8) is 0 Å². The Bertz CT molecular complexity index is 503. The van der Waals surface area contributed by atoms with Crippen LogP contribution in [0.4, 0.5) is 0 Å². The van der Waals surface area contributed by atoms with E-state index in [1.165, 1.54) is 17.3 Å². The summed E-state index contributed by atoms with van der Waals surface area (Å²) in [5, 5.41) is 7.25. The number of nitrogens with two attached hydrogens (primary N) is 1. The minimum absolute atomic E-state index is 0.128. The number of aromatic nitrogens is 2. The second-order valence-electron chi connectivity index (χ2n) is 3.36. The molecule has 0 aliphatic carbocycles. The molecular weight excluding hydrogens is 208 g/mol. The number of pyridine rings is 1. The van der Waals surface area contributed by atoms with Gasteiger partial charge in [-0.1, -0.05) is 17.8 Å². The SMILES string of the molecule is Cc1ccc2nc(CSC(=N)N)cn2c1. The van der Waals surface area contributed by atoms with Gasteiger partial charge in [0.2, 0.25) is 0 Å². The number of imidazole rings is 1. The lowest BCUT2D eigenvalue weighted by Crippen LogP contribution is -2.03. The molecule has 2 rings (SSSR count). The third kappa shape index (κ3) is 2.30. The zero-order chi connectivity index (χ0) is 10.8. The van der Waals surface area contributed by atoms with Gasteiger partial charge in [-0.2, -0.15) is 0 Å². The average molecular weight is 220 g/mol. The molecule has 5 heteroatoms. The van der Waals surface area contributed by atoms with E-state index in [0.717, 1.165) is 11.3 Å². The summed E-state index contributed by atoms with van der Waals surface area (Å²) in [4.78, 5) is 4.42. The van der Waals surface area contributed by atoms with Crippen molar-refractivity contribution < 1.29 is 0 Å². The lowest BCUT2D eigenvalue weighted by Gasteiger charge is -1.93. The van der Waals surface area contributed by atoms with Gasteiger partial charge in [-0.05, 0) is 18.6 Å². The molecule has 15 heavy (non-hydrogen) atoms. The van der Waals surface area contributed by atoms with Crippen LogP contribution in [-0.4, -0.2) is 14.6 Å². The van der Waals surface area contributed by atoms with Crippen molar-refractivity contribution in [1.82, 2.24) is 9.38 Å². The monoisotopic (exact) mass is 220 g/mol. The van der Waals surface area contributed by atoms with Gasteiger partial charge in [-0.25, -0.2) is 4.98 Å². The Kier molecular flexibility index (Phi) is 2.64. The Labute approximate surface area is 92.0 Å². The Balaban J connectivity index is 2.27. The predicted molar refractivity (Wildman–Crippen MR) is 63.1 cm³/mol. The maximum absolute atomic E-state index is 7.12. The van der Waals surface area contributed by atoms with Crippen molar-refractivity contribution in [3.05, 3.63) is 35.8 Å². The van der Waals surface area contributed by atoms with Crippen LogP contribution in [0.5, 0.6) is 0 Å². The molecule has 2 aromatic heterocycles. The minimum Gasteiger partial charge on any atom is -0.379 e. The van der Waals surface area contributed by atoms with Crippen molar-refractivity contribution >= 4 is 22.6 Å². The highest BCUT2D eigenvalue weighted by atomic mass is 32.2. The lowest BCUT2D eigenvalue weighted by atomic mass is 10.3. The van der Waals surface area contributed by atoms with Crippen LogP contribution in [0.25, 0.3) is 5.65 Å². The molecule has 0 aromatic carbocycles. The van der Waals surface area contributed by atoms with Crippen molar-refractivity contribution in [2.45, 2.75) is 12.7 Å². The minimum atomic E-state index is 0.128. The lowest BCUT2D eigenvalue weighted by molar-refractivity contribution is 1.15. The molecule has 78 valence electrons. The normalized spacial score (nSPS) is 10.7. The van der Waals surface area contributed by atoms with Gasteiger partial charge >= 0.3 is 0 Å². The molecule has 0 spiro atoms. The third-order valence-corrected chi connectivity index (χ3v) is 2.78. The maximum Gasteiger partial charge on any atom is 0.151 e. The van der Waals surface area contributed by atoms with Gasteiger partial charge in [-0.15, -0.1) is 0 Å². The van der Waals surface area contributed by atoms with E-state index in [2.05, 4.69) is 4.98 Å². The zero-order valence-electron chi connectivity index (χ0n) is 8.40. The number of thioether (sulfide) groups is 1. The summed E-state index contributed by atoms with van der Waals surface area (Å²) in [5.41, 5.74) is 8.35. The highest BCUT2D eigenvalue weighted by Gasteiger charge is 2.02. The van der Waals surface area contributed by atoms with E-state index in [0.29, 0.717) is 5.75 Å². The summed E-state index contributed by atoms with van der Waals surface area (Å²) in [5.74, 6) is 0.649. The van der Waals surface area contributed by atoms with Gasteiger partial charge in [-0.3, -0.25) is 5.41 Å². The number of aryl methyl sites for hydroxylation is 1. The molecule has 0 fully saturated rings. The Morgan fingerprint density at radius 3 is 3.07 bits per heavy atom. The number of nitrogens with one attached hydrogen (secondary N) is 1. The second-order valence-corrected chi connectivity index (χ2v) is 4.37. The molecule has 0 aliphatic heterocycles. The average Bonchev–Trinajstić information content (AvgIpc) is 2.56. The largest absolute Gasteiger partial charge is 0.379 e. The molecule has 0 saturated heterocycles. The summed E-state index contributed by atoms with van der Waals surface area (Å²) in [6, 6.07) is 4.02. The van der Waals surface area contributed by atoms with Gasteiger partial charge in [0, 0.05) is 18.1 Å². The molecule has 0 aliphatic rings. The standard InChI is InChI=1S/C10H12N4S/c1-7-2-3-9-13-8(5-14(9)4-7)6-15-10(11)12/h2-5H,6H2,1H3,(H3,11,12). The van der Waals surface area contributed by atoms with Gasteiger partial charge < -0.3 is 10.1 Å². The smallest absolute Gasteiger partial charge is 0.151 e. The van der Waals surface area contributed by atoms with Crippen LogP contribution in [0.1, 0.15) is 11.3 Å². The van der Waals surface area contributed by atoms with E-state index in [9.17, 15) is 0 Å². The fourth-order valence-electron chi connectivity index (χ4n) is 1.38. The molecule has 4 nitrogen and oxygen atoms in total. The van der Waals surface area contributed by atoms with E-state index >= 15 is 0 Å². The molecule has 2 aromatic rings. The summed E-state index contributed by atoms with van der Waals surface area (Å²) in [6.07, 6.45) is 4.00. The first-order valence-corrected chi connectivity index (χ1v) is 5.55. The van der Waals surface area contributed by atoms with Crippen LogP contribution >= 0.6 is 11.8 Å². The van der Waals surface area contributed by atoms with E-state index in [1.54, 1.807) is 0 Å². The van der Waals surface area contributed by atoms with Crippen molar-refractivity contribution in [3.8, 4) is 0 Å². The van der Waals surface area contributed by atoms with Crippen LogP contribution in [0, 0.1) is 12.3 Å². The first kappa shape index (κ1) is 10.0. The molecule has 3 N–H and O–H groups in total. The number of nitrogens with zero attached hydrogens (tertiary/aromatic N) is 2. The van der Waals surface area contributed by atoms with Gasteiger partial charge in [0.15, 0.2) is 5.17 Å². The molecule has 0 unspecified atom stereocenters. The number of fused-ring (bicyclic) bond motifs is 1. The first-order valence-electron chi connectivity index (χ1n) is 4.56. The molecule has 2 heterocycles. The molecule has 0 amide bonds. The van der Waals surface area contributed by atoms with E-state index in [4.69, 9.17) is 11.1 Å². The van der Waals surface area contributed by atoms with E-state index in [1.807, 2.05) is 35.9 Å². The zero-order valence-corrected chi connectivity index (χ0v) is 9.21. The van der Waals surface area contributed by atoms with Gasteiger partial charge in [0.1, 0.15) is 5.65 Å². The van der Waals surface area contributed by atoms with E-state index in [-0.39, 0.29) is 5.17 Å².